The Morgan fingerprint density at radius 1 is 1.14 bits per heavy atom. The van der Waals surface area contributed by atoms with E-state index in [2.05, 4.69) is 41.4 Å². The predicted octanol–water partition coefficient (Wildman–Crippen LogP) is 4.36. The summed E-state index contributed by atoms with van der Waals surface area (Å²) in [5.41, 5.74) is 5.06. The number of carbonyl (C=O) groups excluding carboxylic acids is 1. The van der Waals surface area contributed by atoms with Gasteiger partial charge in [0, 0.05) is 19.6 Å². The van der Waals surface area contributed by atoms with Crippen LogP contribution in [0.4, 0.5) is 5.13 Å². The van der Waals surface area contributed by atoms with E-state index in [9.17, 15) is 4.79 Å². The molecule has 1 saturated heterocycles. The lowest BCUT2D eigenvalue weighted by molar-refractivity contribution is -0.125. The summed E-state index contributed by atoms with van der Waals surface area (Å²) in [5, 5.41) is 8.78. The van der Waals surface area contributed by atoms with Crippen molar-refractivity contribution in [1.29, 1.82) is 0 Å². The van der Waals surface area contributed by atoms with Gasteiger partial charge in [0.15, 0.2) is 22.3 Å². The molecule has 0 radical (unpaired) electrons. The third kappa shape index (κ3) is 4.20. The molecule has 1 N–H and O–H groups in total. The van der Waals surface area contributed by atoms with Crippen LogP contribution in [0.2, 0.25) is 0 Å². The normalized spacial score (nSPS) is 17.2. The van der Waals surface area contributed by atoms with Gasteiger partial charge in [0.05, 0.1) is 22.0 Å². The van der Waals surface area contributed by atoms with Crippen LogP contribution in [0, 0.1) is 19.8 Å². The Bertz CT molecular complexity index is 1390. The van der Waals surface area contributed by atoms with E-state index in [1.54, 1.807) is 11.3 Å². The van der Waals surface area contributed by atoms with E-state index in [-0.39, 0.29) is 18.6 Å². The van der Waals surface area contributed by atoms with Gasteiger partial charge in [0.25, 0.3) is 0 Å². The van der Waals surface area contributed by atoms with Crippen molar-refractivity contribution in [3.8, 4) is 17.2 Å². The average molecular weight is 490 g/mol. The number of aryl methyl sites for hydroxylation is 2. The molecule has 1 fully saturated rings. The maximum absolute atomic E-state index is 13.0. The molecule has 2 aliphatic rings. The van der Waals surface area contributed by atoms with E-state index < -0.39 is 0 Å². The van der Waals surface area contributed by atoms with Crippen molar-refractivity contribution in [1.82, 2.24) is 20.1 Å². The molecular weight excluding hydrogens is 462 g/mol. The molecule has 1 atom stereocenters. The highest BCUT2D eigenvalue weighted by molar-refractivity contribution is 7.22. The molecule has 4 heterocycles. The minimum Gasteiger partial charge on any atom is -0.454 e. The molecule has 0 unspecified atom stereocenters. The van der Waals surface area contributed by atoms with Gasteiger partial charge in [0.1, 0.15) is 0 Å². The smallest absolute Gasteiger partial charge is 0.231 e. The first kappa shape index (κ1) is 21.9. The van der Waals surface area contributed by atoms with Crippen molar-refractivity contribution in [2.24, 2.45) is 5.92 Å². The number of nitrogens with one attached hydrogen (secondary N) is 1. The second-order valence-corrected chi connectivity index (χ2v) is 10.2. The van der Waals surface area contributed by atoms with Crippen LogP contribution in [0.5, 0.6) is 11.5 Å². The van der Waals surface area contributed by atoms with Gasteiger partial charge in [-0.1, -0.05) is 35.1 Å². The highest BCUT2D eigenvalue weighted by Crippen LogP contribution is 2.35. The van der Waals surface area contributed by atoms with Gasteiger partial charge in [-0.05, 0) is 56.5 Å². The van der Waals surface area contributed by atoms with E-state index in [4.69, 9.17) is 19.6 Å². The highest BCUT2D eigenvalue weighted by atomic mass is 32.1. The lowest BCUT2D eigenvalue weighted by Crippen LogP contribution is -2.43. The number of thiazole rings is 1. The van der Waals surface area contributed by atoms with E-state index in [0.717, 1.165) is 63.3 Å². The predicted molar refractivity (Wildman–Crippen MR) is 136 cm³/mol. The molecule has 35 heavy (non-hydrogen) atoms. The number of benzene rings is 2. The summed E-state index contributed by atoms with van der Waals surface area (Å²) in [4.78, 5) is 20.2. The number of piperidine rings is 1. The maximum atomic E-state index is 13.0. The lowest BCUT2D eigenvalue weighted by atomic mass is 9.97. The number of ether oxygens (including phenoxy) is 2. The number of nitrogens with zero attached hydrogens (tertiary/aromatic N) is 4. The largest absolute Gasteiger partial charge is 0.454 e. The van der Waals surface area contributed by atoms with E-state index >= 15 is 0 Å². The van der Waals surface area contributed by atoms with E-state index in [0.29, 0.717) is 13.1 Å². The van der Waals surface area contributed by atoms with Crippen molar-refractivity contribution < 1.29 is 14.3 Å². The first-order chi connectivity index (χ1) is 17.0. The molecule has 180 valence electrons. The van der Waals surface area contributed by atoms with Gasteiger partial charge >= 0.3 is 0 Å². The summed E-state index contributed by atoms with van der Waals surface area (Å²) < 4.78 is 13.8. The molecule has 9 heteroatoms. The maximum Gasteiger partial charge on any atom is 0.231 e. The van der Waals surface area contributed by atoms with Crippen LogP contribution in [-0.2, 0) is 11.3 Å². The molecule has 0 aliphatic carbocycles. The summed E-state index contributed by atoms with van der Waals surface area (Å²) in [6, 6.07) is 14.1. The third-order valence-electron chi connectivity index (χ3n) is 6.62. The van der Waals surface area contributed by atoms with Crippen molar-refractivity contribution in [2.75, 3.05) is 24.8 Å². The van der Waals surface area contributed by atoms with Gasteiger partial charge in [-0.2, -0.15) is 10.1 Å². The topological polar surface area (TPSA) is 81.5 Å². The number of rotatable bonds is 5. The van der Waals surface area contributed by atoms with Gasteiger partial charge in [-0.3, -0.25) is 4.79 Å². The Morgan fingerprint density at radius 3 is 2.83 bits per heavy atom. The lowest BCUT2D eigenvalue weighted by Gasteiger charge is -2.31. The SMILES string of the molecule is Cc1ccc(-n2nc(C)c3sc(N4CCC[C@H](C(=O)NCc5ccc6c(c5)OCO6)C4)nc32)cc1. The van der Waals surface area contributed by atoms with Crippen LogP contribution in [-0.4, -0.2) is 40.6 Å². The van der Waals surface area contributed by atoms with Gasteiger partial charge in [0.2, 0.25) is 12.7 Å². The van der Waals surface area contributed by atoms with Crippen molar-refractivity contribution >= 4 is 32.7 Å². The first-order valence-electron chi connectivity index (χ1n) is 11.9. The molecular formula is C26H27N5O3S. The summed E-state index contributed by atoms with van der Waals surface area (Å²) in [5.74, 6) is 1.49. The molecule has 2 aliphatic heterocycles. The quantitative estimate of drug-likeness (QED) is 0.449. The van der Waals surface area contributed by atoms with Crippen LogP contribution in [0.25, 0.3) is 16.0 Å². The number of aromatic nitrogens is 3. The second kappa shape index (κ2) is 8.88. The van der Waals surface area contributed by atoms with Crippen LogP contribution in [0.3, 0.4) is 0 Å². The zero-order valence-corrected chi connectivity index (χ0v) is 20.6. The van der Waals surface area contributed by atoms with Gasteiger partial charge in [-0.25, -0.2) is 4.68 Å². The van der Waals surface area contributed by atoms with Crippen LogP contribution >= 0.6 is 11.3 Å². The Morgan fingerprint density at radius 2 is 1.97 bits per heavy atom. The van der Waals surface area contributed by atoms with E-state index in [1.165, 1.54) is 5.56 Å². The number of fused-ring (bicyclic) bond motifs is 2. The number of amides is 1. The monoisotopic (exact) mass is 489 g/mol. The average Bonchev–Trinajstić information content (AvgIpc) is 3.59. The molecule has 2 aromatic heterocycles. The number of hydrogen-bond acceptors (Lipinski definition) is 7. The molecule has 0 saturated carbocycles. The molecule has 8 nitrogen and oxygen atoms in total. The fraction of sp³-hybridized carbons (Fsp3) is 0.346. The third-order valence-corrected chi connectivity index (χ3v) is 7.84. The van der Waals surface area contributed by atoms with Crippen molar-refractivity contribution in [3.05, 3.63) is 59.3 Å². The molecule has 1 amide bonds. The van der Waals surface area contributed by atoms with Crippen molar-refractivity contribution in [3.63, 3.8) is 0 Å². The van der Waals surface area contributed by atoms with Gasteiger partial charge < -0.3 is 19.7 Å². The highest BCUT2D eigenvalue weighted by Gasteiger charge is 2.28. The number of anilines is 1. The Balaban J connectivity index is 1.16. The van der Waals surface area contributed by atoms with Gasteiger partial charge in [-0.15, -0.1) is 0 Å². The van der Waals surface area contributed by atoms with Crippen LogP contribution < -0.4 is 19.7 Å². The zero-order valence-electron chi connectivity index (χ0n) is 19.8. The van der Waals surface area contributed by atoms with Crippen LogP contribution in [0.1, 0.15) is 29.7 Å². The summed E-state index contributed by atoms with van der Waals surface area (Å²) in [7, 11) is 0. The number of hydrogen-bond donors (Lipinski definition) is 1. The fourth-order valence-corrected chi connectivity index (χ4v) is 5.70. The Hall–Kier alpha value is -3.59. The molecule has 2 aromatic carbocycles. The molecule has 6 rings (SSSR count). The summed E-state index contributed by atoms with van der Waals surface area (Å²) in [6.45, 7) is 6.39. The van der Waals surface area contributed by atoms with Crippen molar-refractivity contribution in [2.45, 2.75) is 33.2 Å². The molecule has 4 aromatic rings. The second-order valence-electron chi connectivity index (χ2n) is 9.17. The Labute approximate surface area is 207 Å². The minimum atomic E-state index is -0.0699. The summed E-state index contributed by atoms with van der Waals surface area (Å²) >= 11 is 1.66. The zero-order chi connectivity index (χ0) is 23.9. The first-order valence-corrected chi connectivity index (χ1v) is 12.7. The minimum absolute atomic E-state index is 0.0699. The molecule has 0 bridgehead atoms. The van der Waals surface area contributed by atoms with Crippen LogP contribution in [0.15, 0.2) is 42.5 Å². The number of carbonyl (C=O) groups is 1. The molecule has 0 spiro atoms. The van der Waals surface area contributed by atoms with E-state index in [1.807, 2.05) is 29.8 Å². The standard InChI is InChI=1S/C26H27N5O3S/c1-16-5-8-20(9-6-16)31-24-23(17(2)29-31)35-26(28-24)30-11-3-4-19(14-30)25(32)27-13-18-7-10-21-22(12-18)34-15-33-21/h5-10,12,19H,3-4,11,13-15H2,1-2H3,(H,27,32)/t19-/m0/s1. The fourth-order valence-electron chi connectivity index (χ4n) is 4.67. The Kier molecular flexibility index (Phi) is 5.56. The summed E-state index contributed by atoms with van der Waals surface area (Å²) in [6.07, 6.45) is 1.84.